The summed E-state index contributed by atoms with van der Waals surface area (Å²) in [5, 5.41) is 0. The molecule has 0 spiro atoms. The number of unbranched alkanes of at least 4 members (excludes halogenated alkanes) is 2. The molecule has 4 rings (SSSR count). The lowest BCUT2D eigenvalue weighted by Gasteiger charge is -2.38. The van der Waals surface area contributed by atoms with E-state index in [1.807, 2.05) is 0 Å². The van der Waals surface area contributed by atoms with E-state index in [9.17, 15) is 0 Å². The summed E-state index contributed by atoms with van der Waals surface area (Å²) in [5.74, 6) is 6.50. The van der Waals surface area contributed by atoms with Crippen LogP contribution in [0.15, 0.2) is 12.4 Å². The molecule has 0 bridgehead atoms. The molecule has 2 heteroatoms. The second-order valence-electron chi connectivity index (χ2n) is 11.8. The normalized spacial score (nSPS) is 33.8. The van der Waals surface area contributed by atoms with Gasteiger partial charge >= 0.3 is 0 Å². The van der Waals surface area contributed by atoms with Crippen LogP contribution in [0.3, 0.4) is 0 Å². The minimum atomic E-state index is 0.616. The summed E-state index contributed by atoms with van der Waals surface area (Å²) in [4.78, 5) is 9.79. The van der Waals surface area contributed by atoms with Crippen molar-refractivity contribution in [2.45, 2.75) is 141 Å². The number of nitrogens with zero attached hydrogens (tertiary/aromatic N) is 2. The van der Waals surface area contributed by atoms with E-state index < -0.39 is 0 Å². The van der Waals surface area contributed by atoms with E-state index in [-0.39, 0.29) is 0 Å². The molecule has 3 fully saturated rings. The zero-order valence-electron chi connectivity index (χ0n) is 21.2. The smallest absolute Gasteiger partial charge is 0.131 e. The third-order valence-electron chi connectivity index (χ3n) is 9.64. The van der Waals surface area contributed by atoms with Crippen LogP contribution in [0.25, 0.3) is 0 Å². The monoisotopic (exact) mass is 438 g/mol. The Labute approximate surface area is 198 Å². The molecular weight excluding hydrogens is 388 g/mol. The van der Waals surface area contributed by atoms with Crippen molar-refractivity contribution < 1.29 is 0 Å². The van der Waals surface area contributed by atoms with E-state index in [4.69, 9.17) is 9.97 Å². The minimum absolute atomic E-state index is 0.616. The molecular formula is C30H50N2. The maximum atomic E-state index is 4.90. The van der Waals surface area contributed by atoms with Crippen molar-refractivity contribution in [2.24, 2.45) is 23.7 Å². The first-order valence-electron chi connectivity index (χ1n) is 14.6. The molecule has 0 radical (unpaired) electrons. The van der Waals surface area contributed by atoms with Crippen LogP contribution >= 0.6 is 0 Å². The lowest BCUT2D eigenvalue weighted by Crippen LogP contribution is -2.25. The predicted octanol–water partition coefficient (Wildman–Crippen LogP) is 9.21. The Morgan fingerprint density at radius 3 is 1.53 bits per heavy atom. The van der Waals surface area contributed by atoms with Crippen molar-refractivity contribution in [2.75, 3.05) is 0 Å². The van der Waals surface area contributed by atoms with Crippen LogP contribution in [0, 0.1) is 23.7 Å². The van der Waals surface area contributed by atoms with Crippen molar-refractivity contribution in [1.29, 1.82) is 0 Å². The van der Waals surface area contributed by atoms with Gasteiger partial charge in [0.25, 0.3) is 0 Å². The second-order valence-corrected chi connectivity index (χ2v) is 11.8. The fourth-order valence-electron chi connectivity index (χ4n) is 7.34. The first-order valence-corrected chi connectivity index (χ1v) is 14.6. The molecule has 0 saturated heterocycles. The van der Waals surface area contributed by atoms with Gasteiger partial charge in [0.1, 0.15) is 5.82 Å². The highest BCUT2D eigenvalue weighted by Gasteiger charge is 2.31. The highest BCUT2D eigenvalue weighted by atomic mass is 14.9. The summed E-state index contributed by atoms with van der Waals surface area (Å²) in [7, 11) is 0. The van der Waals surface area contributed by atoms with Crippen molar-refractivity contribution in [3.8, 4) is 0 Å². The maximum absolute atomic E-state index is 4.90. The highest BCUT2D eigenvalue weighted by Crippen LogP contribution is 2.44. The Bertz CT molecular complexity index is 629. The average molecular weight is 439 g/mol. The van der Waals surface area contributed by atoms with E-state index in [2.05, 4.69) is 26.2 Å². The van der Waals surface area contributed by atoms with E-state index >= 15 is 0 Å². The second kappa shape index (κ2) is 12.5. The molecule has 1 heterocycles. The van der Waals surface area contributed by atoms with Gasteiger partial charge in [-0.05, 0) is 99.4 Å². The average Bonchev–Trinajstić information content (AvgIpc) is 2.87. The summed E-state index contributed by atoms with van der Waals surface area (Å²) in [5.41, 5.74) is 1.42. The van der Waals surface area contributed by atoms with Gasteiger partial charge in [-0.3, -0.25) is 0 Å². The van der Waals surface area contributed by atoms with Crippen LogP contribution in [0.4, 0.5) is 0 Å². The largest absolute Gasteiger partial charge is 0.241 e. The van der Waals surface area contributed by atoms with E-state index in [1.165, 1.54) is 121 Å². The van der Waals surface area contributed by atoms with Crippen LogP contribution in [0.2, 0.25) is 0 Å². The van der Waals surface area contributed by atoms with Crippen LogP contribution < -0.4 is 0 Å². The predicted molar refractivity (Wildman–Crippen MR) is 136 cm³/mol. The van der Waals surface area contributed by atoms with Gasteiger partial charge in [-0.1, -0.05) is 65.2 Å². The maximum Gasteiger partial charge on any atom is 0.131 e. The lowest BCUT2D eigenvalue weighted by molar-refractivity contribution is 0.155. The molecule has 0 amide bonds. The molecule has 0 N–H and O–H groups in total. The van der Waals surface area contributed by atoms with Gasteiger partial charge in [0, 0.05) is 18.3 Å². The van der Waals surface area contributed by atoms with Crippen molar-refractivity contribution in [1.82, 2.24) is 9.97 Å². The van der Waals surface area contributed by atoms with Gasteiger partial charge in [0.15, 0.2) is 0 Å². The lowest BCUT2D eigenvalue weighted by atomic mass is 9.68. The quantitative estimate of drug-likeness (QED) is 0.384. The van der Waals surface area contributed by atoms with Gasteiger partial charge in [-0.25, -0.2) is 9.97 Å². The number of aromatic nitrogens is 2. The molecule has 3 aliphatic rings. The molecule has 180 valence electrons. The molecule has 0 aromatic carbocycles. The highest BCUT2D eigenvalue weighted by molar-refractivity contribution is 5.14. The van der Waals surface area contributed by atoms with E-state index in [0.29, 0.717) is 11.8 Å². The Balaban J connectivity index is 1.19. The SMILES string of the molecule is CCCCC1CCC(c2ncc(C3CCC(C4CCC(CCCC)CC4)CC3)cn2)CC1. The Morgan fingerprint density at radius 1 is 0.594 bits per heavy atom. The molecule has 1 aromatic heterocycles. The first kappa shape index (κ1) is 24.2. The van der Waals surface area contributed by atoms with Crippen LogP contribution in [-0.2, 0) is 0 Å². The number of hydrogen-bond acceptors (Lipinski definition) is 2. The fourth-order valence-corrected chi connectivity index (χ4v) is 7.34. The molecule has 0 aliphatic heterocycles. The third-order valence-corrected chi connectivity index (χ3v) is 9.64. The zero-order chi connectivity index (χ0) is 22.2. The number of rotatable bonds is 9. The van der Waals surface area contributed by atoms with Gasteiger partial charge in [-0.15, -0.1) is 0 Å². The van der Waals surface area contributed by atoms with E-state index in [0.717, 1.165) is 29.5 Å². The summed E-state index contributed by atoms with van der Waals surface area (Å²) < 4.78 is 0. The van der Waals surface area contributed by atoms with Crippen LogP contribution in [0.5, 0.6) is 0 Å². The topological polar surface area (TPSA) is 25.8 Å². The summed E-state index contributed by atoms with van der Waals surface area (Å²) in [6.45, 7) is 4.65. The standard InChI is InChI=1S/C30H50N2/c1-3-5-7-23-9-13-25(14-10-23)26-17-19-27(20-18-26)29-21-31-30(32-22-29)28-15-11-24(12-16-28)8-6-4-2/h21-28H,3-20H2,1-2H3. The van der Waals surface area contributed by atoms with Crippen molar-refractivity contribution >= 4 is 0 Å². The molecule has 3 saturated carbocycles. The zero-order valence-corrected chi connectivity index (χ0v) is 21.2. The fraction of sp³-hybridized carbons (Fsp3) is 0.867. The number of hydrogen-bond donors (Lipinski definition) is 0. The Morgan fingerprint density at radius 2 is 1.03 bits per heavy atom. The van der Waals surface area contributed by atoms with Gasteiger partial charge in [0.2, 0.25) is 0 Å². The van der Waals surface area contributed by atoms with Gasteiger partial charge in [0.05, 0.1) is 0 Å². The van der Waals surface area contributed by atoms with Gasteiger partial charge < -0.3 is 0 Å². The molecule has 1 aromatic rings. The first-order chi connectivity index (χ1) is 15.8. The molecule has 0 atom stereocenters. The summed E-state index contributed by atoms with van der Waals surface area (Å²) in [6.07, 6.45) is 30.0. The molecule has 3 aliphatic carbocycles. The van der Waals surface area contributed by atoms with Crippen LogP contribution in [-0.4, -0.2) is 9.97 Å². The van der Waals surface area contributed by atoms with Gasteiger partial charge in [-0.2, -0.15) is 0 Å². The Kier molecular flexibility index (Phi) is 9.47. The Hall–Kier alpha value is -0.920. The van der Waals surface area contributed by atoms with Crippen LogP contribution in [0.1, 0.15) is 153 Å². The van der Waals surface area contributed by atoms with Crippen molar-refractivity contribution in [3.05, 3.63) is 23.8 Å². The minimum Gasteiger partial charge on any atom is -0.241 e. The van der Waals surface area contributed by atoms with E-state index in [1.54, 1.807) is 0 Å². The molecule has 2 nitrogen and oxygen atoms in total. The summed E-state index contributed by atoms with van der Waals surface area (Å²) >= 11 is 0. The summed E-state index contributed by atoms with van der Waals surface area (Å²) in [6, 6.07) is 0. The third kappa shape index (κ3) is 6.57. The molecule has 0 unspecified atom stereocenters. The molecule has 32 heavy (non-hydrogen) atoms. The van der Waals surface area contributed by atoms with Crippen molar-refractivity contribution in [3.63, 3.8) is 0 Å².